The first-order chi connectivity index (χ1) is 14.0. The van der Waals surface area contributed by atoms with E-state index in [-0.39, 0.29) is 11.9 Å². The van der Waals surface area contributed by atoms with Gasteiger partial charge in [0.25, 0.3) is 5.91 Å². The summed E-state index contributed by atoms with van der Waals surface area (Å²) in [5.41, 5.74) is 4.24. The molecular formula is C23H30N4O2. The van der Waals surface area contributed by atoms with Gasteiger partial charge in [0.1, 0.15) is 0 Å². The second kappa shape index (κ2) is 9.45. The van der Waals surface area contributed by atoms with E-state index in [1.54, 1.807) is 30.3 Å². The fourth-order valence-electron chi connectivity index (χ4n) is 4.08. The van der Waals surface area contributed by atoms with Crippen molar-refractivity contribution >= 4 is 23.3 Å². The van der Waals surface area contributed by atoms with Crippen molar-refractivity contribution in [1.29, 1.82) is 0 Å². The molecule has 3 amide bonds. The van der Waals surface area contributed by atoms with Crippen LogP contribution in [0.25, 0.3) is 0 Å². The van der Waals surface area contributed by atoms with E-state index >= 15 is 0 Å². The first-order valence-electron chi connectivity index (χ1n) is 10.2. The average molecular weight is 395 g/mol. The SMILES string of the molecule is C=CCNC(=O)Nc1ccc(NC(=O)c2cc(C)n(C3CCCCC3)c2C)cc1. The van der Waals surface area contributed by atoms with E-state index in [4.69, 9.17) is 0 Å². The van der Waals surface area contributed by atoms with Gasteiger partial charge in [-0.15, -0.1) is 6.58 Å². The van der Waals surface area contributed by atoms with Crippen molar-refractivity contribution in [2.75, 3.05) is 17.2 Å². The van der Waals surface area contributed by atoms with Crippen molar-refractivity contribution < 1.29 is 9.59 Å². The summed E-state index contributed by atoms with van der Waals surface area (Å²) in [4.78, 5) is 24.5. The summed E-state index contributed by atoms with van der Waals surface area (Å²) in [5.74, 6) is -0.107. The molecule has 1 saturated carbocycles. The Balaban J connectivity index is 1.66. The second-order valence-corrected chi connectivity index (χ2v) is 7.60. The smallest absolute Gasteiger partial charge is 0.319 e. The molecule has 0 spiro atoms. The molecule has 3 N–H and O–H groups in total. The van der Waals surface area contributed by atoms with Crippen LogP contribution in [0.5, 0.6) is 0 Å². The van der Waals surface area contributed by atoms with Crippen LogP contribution >= 0.6 is 0 Å². The Labute approximate surface area is 172 Å². The fraction of sp³-hybridized carbons (Fsp3) is 0.391. The van der Waals surface area contributed by atoms with Crippen LogP contribution in [-0.2, 0) is 0 Å². The van der Waals surface area contributed by atoms with E-state index in [2.05, 4.69) is 34.0 Å². The maximum Gasteiger partial charge on any atom is 0.319 e. The largest absolute Gasteiger partial charge is 0.345 e. The maximum absolute atomic E-state index is 12.9. The highest BCUT2D eigenvalue weighted by atomic mass is 16.2. The zero-order valence-corrected chi connectivity index (χ0v) is 17.3. The highest BCUT2D eigenvalue weighted by Crippen LogP contribution is 2.32. The summed E-state index contributed by atoms with van der Waals surface area (Å²) in [5, 5.41) is 8.34. The number of anilines is 2. The predicted molar refractivity (Wildman–Crippen MR) is 118 cm³/mol. The molecule has 1 aromatic heterocycles. The summed E-state index contributed by atoms with van der Waals surface area (Å²) in [6, 6.07) is 9.27. The molecule has 1 heterocycles. The quantitative estimate of drug-likeness (QED) is 0.591. The van der Waals surface area contributed by atoms with E-state index in [1.165, 1.54) is 32.1 Å². The molecule has 0 atom stereocenters. The zero-order chi connectivity index (χ0) is 20.8. The number of amides is 3. The molecule has 0 bridgehead atoms. The van der Waals surface area contributed by atoms with Crippen LogP contribution < -0.4 is 16.0 Å². The van der Waals surface area contributed by atoms with Gasteiger partial charge in [-0.25, -0.2) is 4.79 Å². The van der Waals surface area contributed by atoms with Crippen LogP contribution in [0.15, 0.2) is 43.0 Å². The monoisotopic (exact) mass is 394 g/mol. The summed E-state index contributed by atoms with van der Waals surface area (Å²) in [7, 11) is 0. The lowest BCUT2D eigenvalue weighted by Gasteiger charge is -2.26. The molecule has 2 aromatic rings. The first-order valence-corrected chi connectivity index (χ1v) is 10.2. The van der Waals surface area contributed by atoms with Crippen LogP contribution in [0, 0.1) is 13.8 Å². The molecule has 1 aromatic carbocycles. The number of urea groups is 1. The fourth-order valence-corrected chi connectivity index (χ4v) is 4.08. The van der Waals surface area contributed by atoms with E-state index in [1.807, 2.05) is 13.0 Å². The Bertz CT molecular complexity index is 877. The van der Waals surface area contributed by atoms with Gasteiger partial charge >= 0.3 is 6.03 Å². The number of benzene rings is 1. The number of rotatable bonds is 6. The standard InChI is InChI=1S/C23H30N4O2/c1-4-14-24-23(29)26-19-12-10-18(11-13-19)25-22(28)21-15-16(2)27(17(21)3)20-8-6-5-7-9-20/h4,10-13,15,20H,1,5-9,14H2,2-3H3,(H,25,28)(H2,24,26,29). The van der Waals surface area contributed by atoms with Crippen molar-refractivity contribution in [3.8, 4) is 0 Å². The highest BCUT2D eigenvalue weighted by Gasteiger charge is 2.22. The minimum absolute atomic E-state index is 0.107. The van der Waals surface area contributed by atoms with E-state index in [0.29, 0.717) is 24.0 Å². The van der Waals surface area contributed by atoms with Crippen LogP contribution in [0.4, 0.5) is 16.2 Å². The third-order valence-corrected chi connectivity index (χ3v) is 5.48. The Kier molecular flexibility index (Phi) is 6.75. The number of nitrogens with one attached hydrogen (secondary N) is 3. The summed E-state index contributed by atoms with van der Waals surface area (Å²) < 4.78 is 2.34. The maximum atomic E-state index is 12.9. The van der Waals surface area contributed by atoms with Gasteiger partial charge in [0.15, 0.2) is 0 Å². The Morgan fingerprint density at radius 1 is 1.07 bits per heavy atom. The highest BCUT2D eigenvalue weighted by molar-refractivity contribution is 6.05. The van der Waals surface area contributed by atoms with Gasteiger partial charge in [-0.3, -0.25) is 4.79 Å². The van der Waals surface area contributed by atoms with E-state index < -0.39 is 0 Å². The Morgan fingerprint density at radius 2 is 1.69 bits per heavy atom. The normalized spacial score (nSPS) is 14.3. The van der Waals surface area contributed by atoms with Crippen molar-refractivity contribution in [2.24, 2.45) is 0 Å². The molecule has 0 unspecified atom stereocenters. The minimum atomic E-state index is -0.295. The van der Waals surface area contributed by atoms with Crippen LogP contribution in [0.3, 0.4) is 0 Å². The number of nitrogens with zero attached hydrogens (tertiary/aromatic N) is 1. The number of hydrogen-bond acceptors (Lipinski definition) is 2. The molecule has 1 aliphatic carbocycles. The van der Waals surface area contributed by atoms with Crippen LogP contribution in [-0.4, -0.2) is 23.1 Å². The topological polar surface area (TPSA) is 75.2 Å². The van der Waals surface area contributed by atoms with Crippen molar-refractivity contribution in [3.63, 3.8) is 0 Å². The van der Waals surface area contributed by atoms with Gasteiger partial charge in [-0.2, -0.15) is 0 Å². The average Bonchev–Trinajstić information content (AvgIpc) is 3.02. The van der Waals surface area contributed by atoms with Gasteiger partial charge in [0, 0.05) is 35.3 Å². The van der Waals surface area contributed by atoms with Gasteiger partial charge in [0.05, 0.1) is 5.56 Å². The number of aryl methyl sites for hydroxylation is 1. The Hall–Kier alpha value is -3.02. The van der Waals surface area contributed by atoms with E-state index in [0.717, 1.165) is 17.0 Å². The molecule has 6 nitrogen and oxygen atoms in total. The second-order valence-electron chi connectivity index (χ2n) is 7.60. The molecule has 0 saturated heterocycles. The van der Waals surface area contributed by atoms with Crippen LogP contribution in [0.2, 0.25) is 0 Å². The van der Waals surface area contributed by atoms with Gasteiger partial charge in [0.2, 0.25) is 0 Å². The lowest BCUT2D eigenvalue weighted by molar-refractivity contribution is 0.102. The molecule has 1 fully saturated rings. The zero-order valence-electron chi connectivity index (χ0n) is 17.3. The molecule has 154 valence electrons. The predicted octanol–water partition coefficient (Wildman–Crippen LogP) is 5.17. The van der Waals surface area contributed by atoms with Crippen molar-refractivity contribution in [1.82, 2.24) is 9.88 Å². The molecule has 0 aliphatic heterocycles. The summed E-state index contributed by atoms with van der Waals surface area (Å²) in [6.07, 6.45) is 7.82. The number of carbonyl (C=O) groups is 2. The van der Waals surface area contributed by atoms with Crippen molar-refractivity contribution in [2.45, 2.75) is 52.0 Å². The van der Waals surface area contributed by atoms with Gasteiger partial charge in [-0.1, -0.05) is 25.3 Å². The number of hydrogen-bond donors (Lipinski definition) is 3. The van der Waals surface area contributed by atoms with Gasteiger partial charge in [-0.05, 0) is 57.0 Å². The number of aromatic nitrogens is 1. The molecule has 1 aliphatic rings. The van der Waals surface area contributed by atoms with E-state index in [9.17, 15) is 9.59 Å². The first kappa shape index (κ1) is 20.7. The van der Waals surface area contributed by atoms with Crippen LogP contribution in [0.1, 0.15) is 59.9 Å². The molecule has 3 rings (SSSR count). The summed E-state index contributed by atoms with van der Waals surface area (Å²) >= 11 is 0. The molecule has 6 heteroatoms. The van der Waals surface area contributed by atoms with Crippen molar-refractivity contribution in [3.05, 3.63) is 59.9 Å². The Morgan fingerprint density at radius 3 is 2.31 bits per heavy atom. The van der Waals surface area contributed by atoms with Gasteiger partial charge < -0.3 is 20.5 Å². The summed E-state index contributed by atoms with van der Waals surface area (Å²) in [6.45, 7) is 8.07. The minimum Gasteiger partial charge on any atom is -0.345 e. The molecular weight excluding hydrogens is 364 g/mol. The lowest BCUT2D eigenvalue weighted by Crippen LogP contribution is -2.28. The molecule has 29 heavy (non-hydrogen) atoms. The third kappa shape index (κ3) is 5.08. The lowest BCUT2D eigenvalue weighted by atomic mass is 9.95. The number of carbonyl (C=O) groups excluding carboxylic acids is 2. The third-order valence-electron chi connectivity index (χ3n) is 5.48. The molecule has 0 radical (unpaired) electrons.